The molecule has 4 heteroatoms. The molecule has 2 aromatic carbocycles. The van der Waals surface area contributed by atoms with Crippen molar-refractivity contribution in [2.24, 2.45) is 5.92 Å². The monoisotopic (exact) mass is 338 g/mol. The Kier molecular flexibility index (Phi) is 5.59. The number of carbonyl (C=O) groups excluding carboxylic acids is 1. The molecule has 2 N–H and O–H groups in total. The highest BCUT2D eigenvalue weighted by molar-refractivity contribution is 5.92. The lowest BCUT2D eigenvalue weighted by Crippen LogP contribution is -2.34. The fourth-order valence-electron chi connectivity index (χ4n) is 3.51. The Morgan fingerprint density at radius 3 is 2.52 bits per heavy atom. The number of hydrogen-bond donors (Lipinski definition) is 1. The highest BCUT2D eigenvalue weighted by Gasteiger charge is 2.21. The van der Waals surface area contributed by atoms with E-state index in [-0.39, 0.29) is 5.97 Å². The minimum atomic E-state index is -0.317. The van der Waals surface area contributed by atoms with Crippen LogP contribution in [0.5, 0.6) is 0 Å². The molecule has 0 radical (unpaired) electrons. The Bertz CT molecular complexity index is 707. The van der Waals surface area contributed by atoms with Crippen LogP contribution in [-0.4, -0.2) is 25.7 Å². The lowest BCUT2D eigenvalue weighted by molar-refractivity contribution is 0.0526. The van der Waals surface area contributed by atoms with Gasteiger partial charge in [-0.2, -0.15) is 0 Å². The van der Waals surface area contributed by atoms with Crippen molar-refractivity contribution in [2.45, 2.75) is 26.2 Å². The number of piperidine rings is 1. The molecule has 3 rings (SSSR count). The van der Waals surface area contributed by atoms with Crippen molar-refractivity contribution in [1.29, 1.82) is 0 Å². The first-order valence-corrected chi connectivity index (χ1v) is 9.03. The smallest absolute Gasteiger partial charge is 0.338 e. The van der Waals surface area contributed by atoms with Crippen LogP contribution in [0.15, 0.2) is 48.5 Å². The summed E-state index contributed by atoms with van der Waals surface area (Å²) in [4.78, 5) is 14.1. The van der Waals surface area contributed by atoms with Gasteiger partial charge in [-0.3, -0.25) is 0 Å². The first kappa shape index (κ1) is 17.3. The fourth-order valence-corrected chi connectivity index (χ4v) is 3.51. The second kappa shape index (κ2) is 8.06. The molecule has 4 nitrogen and oxygen atoms in total. The minimum Gasteiger partial charge on any atom is -0.462 e. The summed E-state index contributed by atoms with van der Waals surface area (Å²) in [6, 6.07) is 16.2. The number of ether oxygens (including phenoxy) is 1. The van der Waals surface area contributed by atoms with Crippen molar-refractivity contribution in [1.82, 2.24) is 0 Å². The summed E-state index contributed by atoms with van der Waals surface area (Å²) in [6.45, 7) is 4.17. The quantitative estimate of drug-likeness (QED) is 0.663. The lowest BCUT2D eigenvalue weighted by atomic mass is 9.90. The van der Waals surface area contributed by atoms with Gasteiger partial charge >= 0.3 is 5.97 Å². The van der Waals surface area contributed by atoms with Crippen LogP contribution in [-0.2, 0) is 11.2 Å². The fraction of sp³-hybridized carbons (Fsp3) is 0.381. The Morgan fingerprint density at radius 1 is 1.16 bits per heavy atom. The Hall–Kier alpha value is -2.49. The van der Waals surface area contributed by atoms with Crippen LogP contribution in [0, 0.1) is 5.92 Å². The summed E-state index contributed by atoms with van der Waals surface area (Å²) in [5.74, 6) is 0.404. The van der Waals surface area contributed by atoms with Crippen molar-refractivity contribution in [3.05, 3.63) is 59.7 Å². The molecule has 0 spiro atoms. The van der Waals surface area contributed by atoms with Crippen LogP contribution >= 0.6 is 0 Å². The number of hydrogen-bond acceptors (Lipinski definition) is 4. The number of anilines is 2. The highest BCUT2D eigenvalue weighted by Crippen LogP contribution is 2.30. The molecule has 0 saturated carbocycles. The van der Waals surface area contributed by atoms with Gasteiger partial charge in [0, 0.05) is 13.1 Å². The predicted octanol–water partition coefficient (Wildman–Crippen LogP) is 3.90. The molecule has 132 valence electrons. The Labute approximate surface area is 149 Å². The van der Waals surface area contributed by atoms with Crippen molar-refractivity contribution < 1.29 is 9.53 Å². The van der Waals surface area contributed by atoms with Gasteiger partial charge in [-0.05, 0) is 55.9 Å². The van der Waals surface area contributed by atoms with Gasteiger partial charge < -0.3 is 15.4 Å². The van der Waals surface area contributed by atoms with Crippen LogP contribution in [0.2, 0.25) is 0 Å². The number of nitrogens with two attached hydrogens (primary N) is 1. The highest BCUT2D eigenvalue weighted by atomic mass is 16.5. The van der Waals surface area contributed by atoms with E-state index in [0.29, 0.717) is 17.9 Å². The summed E-state index contributed by atoms with van der Waals surface area (Å²) in [7, 11) is 0. The molecule has 25 heavy (non-hydrogen) atoms. The average Bonchev–Trinajstić information content (AvgIpc) is 2.63. The zero-order valence-electron chi connectivity index (χ0n) is 14.8. The molecule has 1 heterocycles. The van der Waals surface area contributed by atoms with Crippen molar-refractivity contribution >= 4 is 17.3 Å². The molecule has 1 saturated heterocycles. The lowest BCUT2D eigenvalue weighted by Gasteiger charge is -2.34. The normalized spacial score (nSPS) is 15.2. The van der Waals surface area contributed by atoms with Crippen molar-refractivity contribution in [3.8, 4) is 0 Å². The van der Waals surface area contributed by atoms with Gasteiger partial charge in [0.2, 0.25) is 0 Å². The molecular formula is C21H26N2O2. The van der Waals surface area contributed by atoms with E-state index >= 15 is 0 Å². The molecule has 1 aliphatic rings. The van der Waals surface area contributed by atoms with Gasteiger partial charge in [0.15, 0.2) is 0 Å². The van der Waals surface area contributed by atoms with E-state index in [1.54, 1.807) is 19.1 Å². The summed E-state index contributed by atoms with van der Waals surface area (Å²) >= 11 is 0. The molecule has 2 aromatic rings. The molecule has 0 aromatic heterocycles. The maximum atomic E-state index is 11.8. The van der Waals surface area contributed by atoms with Gasteiger partial charge in [0.05, 0.1) is 23.5 Å². The van der Waals surface area contributed by atoms with Crippen LogP contribution < -0.4 is 10.6 Å². The van der Waals surface area contributed by atoms with Crippen LogP contribution in [0.4, 0.5) is 11.4 Å². The molecule has 0 amide bonds. The number of nitrogen functional groups attached to an aromatic ring is 1. The number of benzene rings is 2. The van der Waals surface area contributed by atoms with Gasteiger partial charge in [0.25, 0.3) is 0 Å². The second-order valence-corrected chi connectivity index (χ2v) is 6.61. The summed E-state index contributed by atoms with van der Waals surface area (Å²) < 4.78 is 5.03. The number of esters is 1. The van der Waals surface area contributed by atoms with Crippen molar-refractivity contribution in [2.75, 3.05) is 30.3 Å². The van der Waals surface area contributed by atoms with E-state index in [1.807, 2.05) is 6.07 Å². The van der Waals surface area contributed by atoms with Gasteiger partial charge in [0.1, 0.15) is 0 Å². The molecule has 0 unspecified atom stereocenters. The number of rotatable bonds is 5. The zero-order valence-corrected chi connectivity index (χ0v) is 14.8. The third-order valence-electron chi connectivity index (χ3n) is 4.86. The predicted molar refractivity (Wildman–Crippen MR) is 102 cm³/mol. The summed E-state index contributed by atoms with van der Waals surface area (Å²) in [6.07, 6.45) is 3.47. The van der Waals surface area contributed by atoms with E-state index in [2.05, 4.69) is 35.2 Å². The SMILES string of the molecule is CCOC(=O)c1ccc(N2CCC(Cc3ccccc3)CC2)c(N)c1. The first-order chi connectivity index (χ1) is 12.2. The molecular weight excluding hydrogens is 312 g/mol. The summed E-state index contributed by atoms with van der Waals surface area (Å²) in [5.41, 5.74) is 9.79. The van der Waals surface area contributed by atoms with E-state index in [9.17, 15) is 4.79 Å². The minimum absolute atomic E-state index is 0.317. The topological polar surface area (TPSA) is 55.6 Å². The van der Waals surface area contributed by atoms with Crippen molar-refractivity contribution in [3.63, 3.8) is 0 Å². The van der Waals surface area contributed by atoms with Gasteiger partial charge in [-0.25, -0.2) is 4.79 Å². The van der Waals surface area contributed by atoms with Crippen LogP contribution in [0.25, 0.3) is 0 Å². The third kappa shape index (κ3) is 4.32. The Morgan fingerprint density at radius 2 is 1.88 bits per heavy atom. The molecule has 1 aliphatic heterocycles. The molecule has 0 aliphatic carbocycles. The van der Waals surface area contributed by atoms with Crippen LogP contribution in [0.1, 0.15) is 35.7 Å². The largest absolute Gasteiger partial charge is 0.462 e. The van der Waals surface area contributed by atoms with E-state index in [1.165, 1.54) is 5.56 Å². The second-order valence-electron chi connectivity index (χ2n) is 6.61. The average molecular weight is 338 g/mol. The number of nitrogens with zero attached hydrogens (tertiary/aromatic N) is 1. The Balaban J connectivity index is 1.60. The zero-order chi connectivity index (χ0) is 17.6. The van der Waals surface area contributed by atoms with E-state index in [4.69, 9.17) is 10.5 Å². The van der Waals surface area contributed by atoms with Crippen LogP contribution in [0.3, 0.4) is 0 Å². The van der Waals surface area contributed by atoms with Gasteiger partial charge in [-0.15, -0.1) is 0 Å². The maximum absolute atomic E-state index is 11.8. The van der Waals surface area contributed by atoms with E-state index in [0.717, 1.165) is 44.0 Å². The molecule has 0 bridgehead atoms. The summed E-state index contributed by atoms with van der Waals surface area (Å²) in [5, 5.41) is 0. The first-order valence-electron chi connectivity index (χ1n) is 9.03. The standard InChI is InChI=1S/C21H26N2O2/c1-2-25-21(24)18-8-9-20(19(22)15-18)23-12-10-17(11-13-23)14-16-6-4-3-5-7-16/h3-9,15,17H,2,10-14,22H2,1H3. The van der Waals surface area contributed by atoms with Gasteiger partial charge in [-0.1, -0.05) is 30.3 Å². The third-order valence-corrected chi connectivity index (χ3v) is 4.86. The van der Waals surface area contributed by atoms with E-state index < -0.39 is 0 Å². The molecule has 0 atom stereocenters. The molecule has 1 fully saturated rings. The maximum Gasteiger partial charge on any atom is 0.338 e. The number of carbonyl (C=O) groups is 1.